The molecule has 2 saturated heterocycles. The number of halogens is 9. The maximum absolute atomic E-state index is 10.6. The summed E-state index contributed by atoms with van der Waals surface area (Å²) in [7, 11) is 0. The van der Waals surface area contributed by atoms with Gasteiger partial charge in [-0.25, -0.2) is 14.4 Å². The van der Waals surface area contributed by atoms with Crippen LogP contribution in [0.5, 0.6) is 0 Å². The molecule has 2 aromatic rings. The van der Waals surface area contributed by atoms with Crippen LogP contribution in [0.1, 0.15) is 17.7 Å². The zero-order valence-electron chi connectivity index (χ0n) is 22.9. The Morgan fingerprint density at radius 1 is 0.778 bits per heavy atom. The van der Waals surface area contributed by atoms with Crippen molar-refractivity contribution in [2.45, 2.75) is 50.2 Å². The Hall–Kier alpha value is -4.04. The van der Waals surface area contributed by atoms with Crippen molar-refractivity contribution in [3.8, 4) is 0 Å². The van der Waals surface area contributed by atoms with Crippen molar-refractivity contribution in [3.05, 3.63) is 60.2 Å². The molecule has 4 heterocycles. The van der Waals surface area contributed by atoms with E-state index in [1.54, 1.807) is 0 Å². The lowest BCUT2D eigenvalue weighted by atomic mass is 10.1. The lowest BCUT2D eigenvalue weighted by molar-refractivity contribution is -0.193. The van der Waals surface area contributed by atoms with Gasteiger partial charge in [-0.05, 0) is 36.2 Å². The summed E-state index contributed by atoms with van der Waals surface area (Å²) in [6, 6.07) is 10.8. The number of pyridine rings is 2. The van der Waals surface area contributed by atoms with Crippen molar-refractivity contribution in [1.29, 1.82) is 0 Å². The standard InChI is InChI=1S/C19H24N4O.3C2HF3O2/c1-2-6-21-17(3-1)15-24-19-11-18-13-22(9-10-23(18)14-19)12-16-4-7-20-8-5-16;3*3-2(4,5)1(6)7/h1-8,18-19H,9-15H2;3*(H,6,7)/t18-,19+;;;/m0.../s1. The highest BCUT2D eigenvalue weighted by atomic mass is 19.4. The van der Waals surface area contributed by atoms with Crippen molar-refractivity contribution in [2.75, 3.05) is 26.2 Å². The molecule has 2 fully saturated rings. The second-order valence-corrected chi connectivity index (χ2v) is 9.14. The van der Waals surface area contributed by atoms with E-state index in [1.165, 1.54) is 5.56 Å². The van der Waals surface area contributed by atoms with E-state index in [2.05, 4.69) is 31.9 Å². The Morgan fingerprint density at radius 3 is 1.73 bits per heavy atom. The number of ether oxygens (including phenoxy) is 1. The first kappa shape index (κ1) is 39.0. The molecular formula is C25H27F9N4O7. The first-order valence-corrected chi connectivity index (χ1v) is 12.5. The molecule has 0 amide bonds. The zero-order chi connectivity index (χ0) is 34.4. The van der Waals surface area contributed by atoms with Crippen molar-refractivity contribution in [1.82, 2.24) is 19.8 Å². The number of nitrogens with zero attached hydrogens (tertiary/aromatic N) is 4. The second-order valence-electron chi connectivity index (χ2n) is 9.14. The molecule has 0 spiro atoms. The Bertz CT molecular complexity index is 1140. The topological polar surface area (TPSA) is 153 Å². The Morgan fingerprint density at radius 2 is 1.29 bits per heavy atom. The normalized spacial score (nSPS) is 18.5. The molecule has 2 aromatic heterocycles. The summed E-state index contributed by atoms with van der Waals surface area (Å²) in [4.78, 5) is 40.3. The van der Waals surface area contributed by atoms with E-state index in [9.17, 15) is 39.5 Å². The van der Waals surface area contributed by atoms with Crippen molar-refractivity contribution >= 4 is 17.9 Å². The third-order valence-electron chi connectivity index (χ3n) is 5.74. The van der Waals surface area contributed by atoms with Gasteiger partial charge in [0.25, 0.3) is 0 Å². The van der Waals surface area contributed by atoms with Gasteiger partial charge in [-0.3, -0.25) is 19.8 Å². The quantitative estimate of drug-likeness (QED) is 0.399. The van der Waals surface area contributed by atoms with Crippen LogP contribution >= 0.6 is 0 Å². The number of aliphatic carboxylic acids is 3. The van der Waals surface area contributed by atoms with Crippen molar-refractivity contribution in [3.63, 3.8) is 0 Å². The third kappa shape index (κ3) is 16.0. The largest absolute Gasteiger partial charge is 0.490 e. The van der Waals surface area contributed by atoms with Crippen LogP contribution in [0.4, 0.5) is 39.5 Å². The van der Waals surface area contributed by atoms with Crippen LogP contribution in [-0.4, -0.2) is 110 Å². The second kappa shape index (κ2) is 17.4. The van der Waals surface area contributed by atoms with Crippen LogP contribution in [0, 0.1) is 0 Å². The fraction of sp³-hybridized carbons (Fsp3) is 0.480. The van der Waals surface area contributed by atoms with Crippen LogP contribution in [-0.2, 0) is 32.3 Å². The van der Waals surface area contributed by atoms with Crippen molar-refractivity contribution in [2.24, 2.45) is 0 Å². The van der Waals surface area contributed by atoms with Crippen LogP contribution in [0.25, 0.3) is 0 Å². The average molecular weight is 666 g/mol. The lowest BCUT2D eigenvalue weighted by Gasteiger charge is -2.37. The summed E-state index contributed by atoms with van der Waals surface area (Å²) in [5, 5.41) is 21.4. The summed E-state index contributed by atoms with van der Waals surface area (Å²) in [5.41, 5.74) is 2.36. The highest BCUT2D eigenvalue weighted by Crippen LogP contribution is 2.25. The molecule has 2 aliphatic rings. The number of piperazine rings is 1. The van der Waals surface area contributed by atoms with Gasteiger partial charge in [0, 0.05) is 57.4 Å². The molecule has 0 aromatic carbocycles. The third-order valence-corrected chi connectivity index (χ3v) is 5.74. The molecule has 0 radical (unpaired) electrons. The van der Waals surface area contributed by atoms with Gasteiger partial charge < -0.3 is 20.1 Å². The Balaban J connectivity index is 0.000000396. The molecule has 3 N–H and O–H groups in total. The summed E-state index contributed by atoms with van der Waals surface area (Å²) in [6.07, 6.45) is -8.21. The first-order valence-electron chi connectivity index (χ1n) is 12.5. The molecule has 0 aliphatic carbocycles. The highest BCUT2D eigenvalue weighted by molar-refractivity contribution is 5.73. The van der Waals surface area contributed by atoms with E-state index in [0.717, 1.165) is 44.8 Å². The number of aromatic nitrogens is 2. The average Bonchev–Trinajstić information content (AvgIpc) is 3.35. The molecular weight excluding hydrogens is 639 g/mol. The van der Waals surface area contributed by atoms with Gasteiger partial charge in [0.15, 0.2) is 0 Å². The molecule has 11 nitrogen and oxygen atoms in total. The molecule has 20 heteroatoms. The van der Waals surface area contributed by atoms with Gasteiger partial charge in [0.2, 0.25) is 0 Å². The number of hydrogen-bond donors (Lipinski definition) is 3. The van der Waals surface area contributed by atoms with Gasteiger partial charge in [0.05, 0.1) is 18.4 Å². The fourth-order valence-electron chi connectivity index (χ4n) is 3.76. The molecule has 2 aliphatic heterocycles. The monoisotopic (exact) mass is 666 g/mol. The van der Waals surface area contributed by atoms with E-state index in [4.69, 9.17) is 34.4 Å². The first-order chi connectivity index (χ1) is 20.7. The SMILES string of the molecule is O=C(O)C(F)(F)F.O=C(O)C(F)(F)F.O=C(O)C(F)(F)F.c1ccc(CO[C@@H]2C[C@H]3CN(Cc4ccncc4)CCN3C2)nc1. The number of carboxylic acids is 3. The van der Waals surface area contributed by atoms with E-state index >= 15 is 0 Å². The number of carbonyl (C=O) groups is 3. The van der Waals surface area contributed by atoms with Gasteiger partial charge in [0.1, 0.15) is 0 Å². The van der Waals surface area contributed by atoms with Gasteiger partial charge in [-0.15, -0.1) is 0 Å². The summed E-state index contributed by atoms with van der Waals surface area (Å²) in [5.74, 6) is -8.27. The molecule has 2 atom stereocenters. The van der Waals surface area contributed by atoms with E-state index in [1.807, 2.05) is 36.8 Å². The number of rotatable bonds is 5. The van der Waals surface area contributed by atoms with Gasteiger partial charge in [-0.2, -0.15) is 39.5 Å². The summed E-state index contributed by atoms with van der Waals surface area (Å²) < 4.78 is 101. The van der Waals surface area contributed by atoms with Crippen molar-refractivity contribution < 1.29 is 74.0 Å². The zero-order valence-corrected chi connectivity index (χ0v) is 22.9. The molecule has 0 saturated carbocycles. The molecule has 252 valence electrons. The number of fused-ring (bicyclic) bond motifs is 1. The van der Waals surface area contributed by atoms with E-state index in [-0.39, 0.29) is 0 Å². The fourth-order valence-corrected chi connectivity index (χ4v) is 3.76. The molecule has 4 rings (SSSR count). The predicted octanol–water partition coefficient (Wildman–Crippen LogP) is 3.85. The van der Waals surface area contributed by atoms with Gasteiger partial charge >= 0.3 is 36.4 Å². The molecule has 0 unspecified atom stereocenters. The summed E-state index contributed by atoms with van der Waals surface area (Å²) in [6.45, 7) is 6.09. The van der Waals surface area contributed by atoms with Crippen LogP contribution in [0.15, 0.2) is 48.9 Å². The predicted molar refractivity (Wildman–Crippen MR) is 133 cm³/mol. The minimum atomic E-state index is -5.08. The van der Waals surface area contributed by atoms with Gasteiger partial charge in [-0.1, -0.05) is 6.07 Å². The maximum atomic E-state index is 10.6. The molecule has 45 heavy (non-hydrogen) atoms. The highest BCUT2D eigenvalue weighted by Gasteiger charge is 2.39. The number of hydrogen-bond acceptors (Lipinski definition) is 8. The smallest absolute Gasteiger partial charge is 0.475 e. The Labute approximate surface area is 248 Å². The maximum Gasteiger partial charge on any atom is 0.490 e. The number of carboxylic acid groups (broad SMARTS) is 3. The van der Waals surface area contributed by atoms with E-state index in [0.29, 0.717) is 18.8 Å². The van der Waals surface area contributed by atoms with Crippen LogP contribution < -0.4 is 0 Å². The van der Waals surface area contributed by atoms with E-state index < -0.39 is 36.4 Å². The van der Waals surface area contributed by atoms with Crippen LogP contribution in [0.3, 0.4) is 0 Å². The summed E-state index contributed by atoms with van der Waals surface area (Å²) >= 11 is 0. The van der Waals surface area contributed by atoms with Crippen LogP contribution in [0.2, 0.25) is 0 Å². The lowest BCUT2D eigenvalue weighted by Crippen LogP contribution is -2.49. The minimum Gasteiger partial charge on any atom is -0.475 e. The molecule has 0 bridgehead atoms. The number of alkyl halides is 9. The Kier molecular flexibility index (Phi) is 15.1. The minimum absolute atomic E-state index is 0.331.